The molecule has 2 fully saturated rings. The largest absolute Gasteiger partial charge is 0.472 e. The minimum Gasteiger partial charge on any atom is -0.472 e. The van der Waals surface area contributed by atoms with Crippen LogP contribution in [0.5, 0.6) is 0 Å². The Bertz CT molecular complexity index is 477. The van der Waals surface area contributed by atoms with Gasteiger partial charge in [-0.05, 0) is 38.2 Å². The number of carbonyl (C=O) groups is 2. The number of furan rings is 1. The summed E-state index contributed by atoms with van der Waals surface area (Å²) in [6, 6.07) is 1.37. The van der Waals surface area contributed by atoms with E-state index in [1.165, 1.54) is 12.5 Å². The fourth-order valence-corrected chi connectivity index (χ4v) is 3.13. The van der Waals surface area contributed by atoms with Gasteiger partial charge in [0.15, 0.2) is 0 Å². The van der Waals surface area contributed by atoms with Crippen LogP contribution in [-0.4, -0.2) is 47.3 Å². The van der Waals surface area contributed by atoms with Gasteiger partial charge in [0.1, 0.15) is 12.3 Å². The summed E-state index contributed by atoms with van der Waals surface area (Å²) in [6.45, 7) is 2.33. The van der Waals surface area contributed by atoms with E-state index in [4.69, 9.17) is 4.42 Å². The lowest BCUT2D eigenvalue weighted by molar-refractivity contribution is -0.136. The van der Waals surface area contributed by atoms with Crippen molar-refractivity contribution in [2.24, 2.45) is 0 Å². The zero-order chi connectivity index (χ0) is 13.9. The zero-order valence-electron chi connectivity index (χ0n) is 11.6. The second kappa shape index (κ2) is 5.69. The first-order valence-electron chi connectivity index (χ1n) is 7.39. The van der Waals surface area contributed by atoms with E-state index in [2.05, 4.69) is 0 Å². The molecule has 0 unspecified atom stereocenters. The zero-order valence-corrected chi connectivity index (χ0v) is 11.6. The van der Waals surface area contributed by atoms with Gasteiger partial charge >= 0.3 is 0 Å². The summed E-state index contributed by atoms with van der Waals surface area (Å²) in [7, 11) is 0. The lowest BCUT2D eigenvalue weighted by Crippen LogP contribution is -2.52. The van der Waals surface area contributed by atoms with E-state index in [-0.39, 0.29) is 17.9 Å². The van der Waals surface area contributed by atoms with Crippen molar-refractivity contribution in [1.82, 2.24) is 9.80 Å². The number of carbonyl (C=O) groups excluding carboxylic acids is 2. The third-order valence-corrected chi connectivity index (χ3v) is 4.23. The summed E-state index contributed by atoms with van der Waals surface area (Å²) < 4.78 is 4.98. The van der Waals surface area contributed by atoms with Crippen LogP contribution in [0, 0.1) is 0 Å². The predicted molar refractivity (Wildman–Crippen MR) is 73.2 cm³/mol. The van der Waals surface area contributed by atoms with Crippen LogP contribution in [-0.2, 0) is 4.79 Å². The molecule has 2 aliphatic rings. The average Bonchev–Trinajstić information content (AvgIpc) is 3.18. The van der Waals surface area contributed by atoms with E-state index < -0.39 is 0 Å². The first-order valence-corrected chi connectivity index (χ1v) is 7.39. The predicted octanol–water partition coefficient (Wildman–Crippen LogP) is 1.90. The van der Waals surface area contributed by atoms with Crippen LogP contribution >= 0.6 is 0 Å². The Hall–Kier alpha value is -1.78. The van der Waals surface area contributed by atoms with Gasteiger partial charge in [0.2, 0.25) is 5.91 Å². The summed E-state index contributed by atoms with van der Waals surface area (Å²) >= 11 is 0. The van der Waals surface area contributed by atoms with Crippen LogP contribution in [0.2, 0.25) is 0 Å². The highest BCUT2D eigenvalue weighted by atomic mass is 16.3. The van der Waals surface area contributed by atoms with Gasteiger partial charge in [-0.25, -0.2) is 0 Å². The van der Waals surface area contributed by atoms with Crippen molar-refractivity contribution >= 4 is 11.8 Å². The third kappa shape index (κ3) is 2.44. The number of hydrogen-bond acceptors (Lipinski definition) is 3. The molecular weight excluding hydrogens is 256 g/mol. The highest BCUT2D eigenvalue weighted by Gasteiger charge is 2.36. The van der Waals surface area contributed by atoms with Crippen LogP contribution in [0.4, 0.5) is 0 Å². The van der Waals surface area contributed by atoms with Crippen molar-refractivity contribution in [2.45, 2.75) is 38.1 Å². The highest BCUT2D eigenvalue weighted by molar-refractivity contribution is 5.97. The van der Waals surface area contributed by atoms with E-state index in [1.807, 2.05) is 4.90 Å². The molecule has 3 rings (SSSR count). The molecule has 2 saturated heterocycles. The standard InChI is InChI=1S/C15H20N2O3/c18-14(12-6-10-20-11-12)17-9-2-1-5-13(17)15(19)16-7-3-4-8-16/h6,10-11,13H,1-5,7-9H2/t13-/m1/s1. The lowest BCUT2D eigenvalue weighted by atomic mass is 10.00. The van der Waals surface area contributed by atoms with Gasteiger partial charge in [0, 0.05) is 19.6 Å². The Labute approximate surface area is 118 Å². The van der Waals surface area contributed by atoms with Crippen LogP contribution in [0.1, 0.15) is 42.5 Å². The molecule has 0 radical (unpaired) electrons. The SMILES string of the molecule is O=C([C@H]1CCCCN1C(=O)c1ccoc1)N1CCCC1. The van der Waals surface area contributed by atoms with Gasteiger partial charge in [0.05, 0.1) is 11.8 Å². The fourth-order valence-electron chi connectivity index (χ4n) is 3.13. The van der Waals surface area contributed by atoms with E-state index in [1.54, 1.807) is 11.0 Å². The van der Waals surface area contributed by atoms with E-state index in [0.29, 0.717) is 12.1 Å². The van der Waals surface area contributed by atoms with Gasteiger partial charge in [-0.3, -0.25) is 9.59 Å². The molecule has 5 heteroatoms. The Morgan fingerprint density at radius 2 is 1.85 bits per heavy atom. The number of rotatable bonds is 2. The molecule has 0 spiro atoms. The number of amides is 2. The number of likely N-dealkylation sites (tertiary alicyclic amines) is 2. The Balaban J connectivity index is 1.76. The van der Waals surface area contributed by atoms with Gasteiger partial charge in [-0.15, -0.1) is 0 Å². The Morgan fingerprint density at radius 1 is 1.10 bits per heavy atom. The van der Waals surface area contributed by atoms with Crippen molar-refractivity contribution in [2.75, 3.05) is 19.6 Å². The fraction of sp³-hybridized carbons (Fsp3) is 0.600. The van der Waals surface area contributed by atoms with Crippen LogP contribution in [0.25, 0.3) is 0 Å². The monoisotopic (exact) mass is 276 g/mol. The summed E-state index contributed by atoms with van der Waals surface area (Å²) in [4.78, 5) is 28.7. The second-order valence-corrected chi connectivity index (χ2v) is 5.55. The second-order valence-electron chi connectivity index (χ2n) is 5.55. The minimum atomic E-state index is -0.288. The molecule has 0 saturated carbocycles. The molecule has 5 nitrogen and oxygen atoms in total. The van der Waals surface area contributed by atoms with Crippen LogP contribution < -0.4 is 0 Å². The Morgan fingerprint density at radius 3 is 2.55 bits per heavy atom. The molecule has 2 aliphatic heterocycles. The quantitative estimate of drug-likeness (QED) is 0.829. The molecule has 2 amide bonds. The maximum atomic E-state index is 12.6. The van der Waals surface area contributed by atoms with Crippen molar-refractivity contribution < 1.29 is 14.0 Å². The van der Waals surface area contributed by atoms with Crippen LogP contribution in [0.15, 0.2) is 23.0 Å². The van der Waals surface area contributed by atoms with Crippen molar-refractivity contribution in [1.29, 1.82) is 0 Å². The van der Waals surface area contributed by atoms with E-state index >= 15 is 0 Å². The minimum absolute atomic E-state index is 0.0870. The molecule has 0 aliphatic carbocycles. The maximum Gasteiger partial charge on any atom is 0.257 e. The molecule has 3 heterocycles. The summed E-state index contributed by atoms with van der Waals surface area (Å²) in [5, 5.41) is 0. The van der Waals surface area contributed by atoms with E-state index in [0.717, 1.165) is 45.2 Å². The topological polar surface area (TPSA) is 53.8 Å². The number of hydrogen-bond donors (Lipinski definition) is 0. The van der Waals surface area contributed by atoms with Gasteiger partial charge < -0.3 is 14.2 Å². The lowest BCUT2D eigenvalue weighted by Gasteiger charge is -2.36. The average molecular weight is 276 g/mol. The highest BCUT2D eigenvalue weighted by Crippen LogP contribution is 2.23. The number of nitrogens with zero attached hydrogens (tertiary/aromatic N) is 2. The molecule has 1 atom stereocenters. The smallest absolute Gasteiger partial charge is 0.257 e. The molecule has 0 N–H and O–H groups in total. The summed E-state index contributed by atoms with van der Waals surface area (Å²) in [5.41, 5.74) is 0.533. The first kappa shape index (κ1) is 13.2. The maximum absolute atomic E-state index is 12.6. The van der Waals surface area contributed by atoms with Gasteiger partial charge in [0.25, 0.3) is 5.91 Å². The molecule has 1 aromatic heterocycles. The molecular formula is C15H20N2O3. The van der Waals surface area contributed by atoms with Crippen molar-refractivity contribution in [3.8, 4) is 0 Å². The normalized spacial score (nSPS) is 23.1. The molecule has 0 bridgehead atoms. The van der Waals surface area contributed by atoms with Crippen molar-refractivity contribution in [3.63, 3.8) is 0 Å². The van der Waals surface area contributed by atoms with Gasteiger partial charge in [-0.1, -0.05) is 0 Å². The summed E-state index contributed by atoms with van der Waals surface area (Å²) in [6.07, 6.45) is 7.86. The number of piperidine rings is 1. The third-order valence-electron chi connectivity index (χ3n) is 4.23. The molecule has 0 aromatic carbocycles. The Kier molecular flexibility index (Phi) is 3.76. The molecule has 20 heavy (non-hydrogen) atoms. The molecule has 1 aromatic rings. The van der Waals surface area contributed by atoms with E-state index in [9.17, 15) is 9.59 Å². The first-order chi connectivity index (χ1) is 9.77. The van der Waals surface area contributed by atoms with Crippen LogP contribution in [0.3, 0.4) is 0 Å². The van der Waals surface area contributed by atoms with Crippen molar-refractivity contribution in [3.05, 3.63) is 24.2 Å². The molecule has 108 valence electrons. The van der Waals surface area contributed by atoms with Gasteiger partial charge in [-0.2, -0.15) is 0 Å². The summed E-state index contributed by atoms with van der Waals surface area (Å²) in [5.74, 6) is 0.0371.